The van der Waals surface area contributed by atoms with Gasteiger partial charge in [0.2, 0.25) is 5.91 Å². The smallest absolute Gasteiger partial charge is 0.307 e. The fraction of sp³-hybridized carbons (Fsp3) is 0.227. The molecule has 0 aliphatic rings. The molecule has 0 aliphatic heterocycles. The van der Waals surface area contributed by atoms with Crippen molar-refractivity contribution in [3.05, 3.63) is 71.7 Å². The molecule has 8 heteroatoms. The Labute approximate surface area is 172 Å². The molecule has 7 nitrogen and oxygen atoms in total. The summed E-state index contributed by atoms with van der Waals surface area (Å²) in [5, 5.41) is 6.30. The van der Waals surface area contributed by atoms with E-state index < -0.39 is 29.6 Å². The standard InChI is InChI=1S/C22H22FN3O4/c1-30-20(27)10-11-24-22(29)19(26-21(28)14-6-8-16(23)9-7-14)12-15-13-25-18-5-3-2-4-17(15)18/h2-9,13,19,25H,10-12H2,1H3,(H,24,29)(H,26,28)/t19-/m1/s1. The van der Waals surface area contributed by atoms with Crippen molar-refractivity contribution in [3.63, 3.8) is 0 Å². The van der Waals surface area contributed by atoms with Gasteiger partial charge in [-0.3, -0.25) is 14.4 Å². The van der Waals surface area contributed by atoms with E-state index in [1.807, 2.05) is 24.3 Å². The Bertz CT molecular complexity index is 1050. The molecule has 1 aromatic heterocycles. The molecule has 3 N–H and O–H groups in total. The first-order valence-electron chi connectivity index (χ1n) is 9.44. The highest BCUT2D eigenvalue weighted by molar-refractivity contribution is 5.98. The van der Waals surface area contributed by atoms with Gasteiger partial charge >= 0.3 is 5.97 Å². The van der Waals surface area contributed by atoms with Gasteiger partial charge in [0.15, 0.2) is 0 Å². The Morgan fingerprint density at radius 1 is 1.10 bits per heavy atom. The van der Waals surface area contributed by atoms with E-state index in [0.29, 0.717) is 0 Å². The van der Waals surface area contributed by atoms with Crippen LogP contribution in [0.1, 0.15) is 22.3 Å². The van der Waals surface area contributed by atoms with Crippen molar-refractivity contribution < 1.29 is 23.5 Å². The number of H-pyrrole nitrogens is 1. The number of carbonyl (C=O) groups excluding carboxylic acids is 3. The first kappa shape index (κ1) is 21.0. The van der Waals surface area contributed by atoms with Crippen molar-refractivity contribution in [3.8, 4) is 0 Å². The summed E-state index contributed by atoms with van der Waals surface area (Å²) < 4.78 is 17.7. The number of fused-ring (bicyclic) bond motifs is 1. The summed E-state index contributed by atoms with van der Waals surface area (Å²) in [5.41, 5.74) is 2.02. The van der Waals surface area contributed by atoms with Gasteiger partial charge in [-0.05, 0) is 35.9 Å². The second-order valence-corrected chi connectivity index (χ2v) is 6.71. The number of hydrogen-bond acceptors (Lipinski definition) is 4. The molecule has 0 aliphatic carbocycles. The molecule has 156 valence electrons. The third-order valence-corrected chi connectivity index (χ3v) is 4.68. The molecule has 0 fully saturated rings. The Morgan fingerprint density at radius 2 is 1.83 bits per heavy atom. The molecule has 0 radical (unpaired) electrons. The van der Waals surface area contributed by atoms with Crippen LogP contribution in [0, 0.1) is 5.82 Å². The van der Waals surface area contributed by atoms with Crippen molar-refractivity contribution >= 4 is 28.7 Å². The van der Waals surface area contributed by atoms with Crippen molar-refractivity contribution in [1.29, 1.82) is 0 Å². The summed E-state index contributed by atoms with van der Waals surface area (Å²) in [6.07, 6.45) is 2.05. The lowest BCUT2D eigenvalue weighted by atomic mass is 10.0. The average molecular weight is 411 g/mol. The highest BCUT2D eigenvalue weighted by Crippen LogP contribution is 2.19. The first-order valence-corrected chi connectivity index (χ1v) is 9.44. The summed E-state index contributed by atoms with van der Waals surface area (Å²) in [4.78, 5) is 39.8. The Hall–Kier alpha value is -3.68. The Balaban J connectivity index is 1.76. The molecule has 2 aromatic carbocycles. The molecule has 0 unspecified atom stereocenters. The van der Waals surface area contributed by atoms with Gasteiger partial charge < -0.3 is 20.4 Å². The van der Waals surface area contributed by atoms with Crippen LogP contribution >= 0.6 is 0 Å². The second kappa shape index (κ2) is 9.69. The number of carbonyl (C=O) groups is 3. The summed E-state index contributed by atoms with van der Waals surface area (Å²) in [5.74, 6) is -1.83. The van der Waals surface area contributed by atoms with Crippen LogP contribution in [0.25, 0.3) is 10.9 Å². The van der Waals surface area contributed by atoms with Crippen molar-refractivity contribution in [2.75, 3.05) is 13.7 Å². The Morgan fingerprint density at radius 3 is 2.57 bits per heavy atom. The SMILES string of the molecule is COC(=O)CCNC(=O)[C@@H](Cc1c[nH]c2ccccc12)NC(=O)c1ccc(F)cc1. The zero-order chi connectivity index (χ0) is 21.5. The lowest BCUT2D eigenvalue weighted by Crippen LogP contribution is -2.48. The predicted molar refractivity (Wildman–Crippen MR) is 109 cm³/mol. The molecule has 0 saturated heterocycles. The van der Waals surface area contributed by atoms with E-state index in [1.54, 1.807) is 6.20 Å². The molecule has 0 saturated carbocycles. The van der Waals surface area contributed by atoms with Gasteiger partial charge in [-0.15, -0.1) is 0 Å². The third kappa shape index (κ3) is 5.22. The van der Waals surface area contributed by atoms with Gasteiger partial charge in [-0.2, -0.15) is 0 Å². The molecule has 1 heterocycles. The van der Waals surface area contributed by atoms with Crippen molar-refractivity contribution in [1.82, 2.24) is 15.6 Å². The Kier molecular flexibility index (Phi) is 6.79. The topological polar surface area (TPSA) is 100 Å². The number of aromatic nitrogens is 1. The summed E-state index contributed by atoms with van der Waals surface area (Å²) in [6.45, 7) is 0.0856. The second-order valence-electron chi connectivity index (χ2n) is 6.71. The summed E-state index contributed by atoms with van der Waals surface area (Å²) in [7, 11) is 1.27. The minimum Gasteiger partial charge on any atom is -0.469 e. The molecule has 2 amide bonds. The molecule has 0 bridgehead atoms. The van der Waals surface area contributed by atoms with E-state index in [2.05, 4.69) is 20.4 Å². The number of amides is 2. The molecule has 3 aromatic rings. The largest absolute Gasteiger partial charge is 0.469 e. The normalized spacial score (nSPS) is 11.7. The van der Waals surface area contributed by atoms with E-state index in [-0.39, 0.29) is 24.9 Å². The predicted octanol–water partition coefficient (Wildman–Crippen LogP) is 2.33. The number of methoxy groups -OCH3 is 1. The average Bonchev–Trinajstić information content (AvgIpc) is 3.16. The van der Waals surface area contributed by atoms with E-state index in [9.17, 15) is 18.8 Å². The number of nitrogens with one attached hydrogen (secondary N) is 3. The van der Waals surface area contributed by atoms with E-state index in [1.165, 1.54) is 31.4 Å². The number of ether oxygens (including phenoxy) is 1. The number of benzene rings is 2. The van der Waals surface area contributed by atoms with E-state index in [4.69, 9.17) is 0 Å². The van der Waals surface area contributed by atoms with E-state index in [0.717, 1.165) is 16.5 Å². The highest BCUT2D eigenvalue weighted by atomic mass is 19.1. The van der Waals surface area contributed by atoms with Crippen LogP contribution in [0.15, 0.2) is 54.7 Å². The lowest BCUT2D eigenvalue weighted by Gasteiger charge is -2.18. The number of para-hydroxylation sites is 1. The maximum atomic E-state index is 13.1. The summed E-state index contributed by atoms with van der Waals surface area (Å²) in [6, 6.07) is 11.8. The van der Waals surface area contributed by atoms with Crippen LogP contribution < -0.4 is 10.6 Å². The molecule has 1 atom stereocenters. The van der Waals surface area contributed by atoms with Crippen LogP contribution in [-0.4, -0.2) is 42.5 Å². The zero-order valence-electron chi connectivity index (χ0n) is 16.4. The van der Waals surface area contributed by atoms with Crippen LogP contribution in [0.3, 0.4) is 0 Å². The maximum absolute atomic E-state index is 13.1. The minimum absolute atomic E-state index is 0.0218. The quantitative estimate of drug-likeness (QED) is 0.495. The van der Waals surface area contributed by atoms with Gasteiger partial charge in [-0.1, -0.05) is 18.2 Å². The fourth-order valence-electron chi connectivity index (χ4n) is 3.09. The van der Waals surface area contributed by atoms with Crippen LogP contribution in [0.4, 0.5) is 4.39 Å². The minimum atomic E-state index is -0.889. The van der Waals surface area contributed by atoms with Crippen LogP contribution in [-0.2, 0) is 20.7 Å². The van der Waals surface area contributed by atoms with Crippen molar-refractivity contribution in [2.24, 2.45) is 0 Å². The maximum Gasteiger partial charge on any atom is 0.307 e. The number of rotatable bonds is 8. The fourth-order valence-corrected chi connectivity index (χ4v) is 3.09. The van der Waals surface area contributed by atoms with E-state index >= 15 is 0 Å². The number of hydrogen-bond donors (Lipinski definition) is 3. The van der Waals surface area contributed by atoms with Gasteiger partial charge in [0.05, 0.1) is 13.5 Å². The molecular weight excluding hydrogens is 389 g/mol. The molecule has 30 heavy (non-hydrogen) atoms. The van der Waals surface area contributed by atoms with Crippen LogP contribution in [0.5, 0.6) is 0 Å². The van der Waals surface area contributed by atoms with Gasteiger partial charge in [0.25, 0.3) is 5.91 Å². The number of aromatic amines is 1. The van der Waals surface area contributed by atoms with Gasteiger partial charge in [0.1, 0.15) is 11.9 Å². The van der Waals surface area contributed by atoms with Gasteiger partial charge in [-0.25, -0.2) is 4.39 Å². The highest BCUT2D eigenvalue weighted by Gasteiger charge is 2.23. The third-order valence-electron chi connectivity index (χ3n) is 4.68. The summed E-state index contributed by atoms with van der Waals surface area (Å²) >= 11 is 0. The number of esters is 1. The molecular formula is C22H22FN3O4. The number of halogens is 1. The first-order chi connectivity index (χ1) is 14.5. The lowest BCUT2D eigenvalue weighted by molar-refractivity contribution is -0.140. The van der Waals surface area contributed by atoms with Crippen LogP contribution in [0.2, 0.25) is 0 Å². The monoisotopic (exact) mass is 411 g/mol. The zero-order valence-corrected chi connectivity index (χ0v) is 16.4. The van der Waals surface area contributed by atoms with Gasteiger partial charge in [0, 0.05) is 35.6 Å². The molecule has 3 rings (SSSR count). The van der Waals surface area contributed by atoms with Crippen molar-refractivity contribution in [2.45, 2.75) is 18.9 Å². The molecule has 0 spiro atoms.